The van der Waals surface area contributed by atoms with E-state index < -0.39 is 0 Å². The Morgan fingerprint density at radius 1 is 1.71 bits per heavy atom. The highest BCUT2D eigenvalue weighted by Crippen LogP contribution is 2.28. The van der Waals surface area contributed by atoms with Gasteiger partial charge in [-0.05, 0) is 18.9 Å². The van der Waals surface area contributed by atoms with E-state index in [4.69, 9.17) is 0 Å². The molecular formula is C10H15N3O. The number of amides is 1. The van der Waals surface area contributed by atoms with Crippen LogP contribution < -0.4 is 5.32 Å². The summed E-state index contributed by atoms with van der Waals surface area (Å²) in [6.07, 6.45) is 4.77. The molecule has 76 valence electrons. The van der Waals surface area contributed by atoms with Gasteiger partial charge < -0.3 is 5.32 Å². The molecule has 0 unspecified atom stereocenters. The summed E-state index contributed by atoms with van der Waals surface area (Å²) in [5.41, 5.74) is 1.15. The van der Waals surface area contributed by atoms with E-state index >= 15 is 0 Å². The Morgan fingerprint density at radius 2 is 2.50 bits per heavy atom. The lowest BCUT2D eigenvalue weighted by molar-refractivity contribution is -0.122. The van der Waals surface area contributed by atoms with Gasteiger partial charge in [-0.3, -0.25) is 9.48 Å². The van der Waals surface area contributed by atoms with E-state index in [0.29, 0.717) is 5.92 Å². The van der Waals surface area contributed by atoms with E-state index in [1.54, 1.807) is 6.20 Å². The lowest BCUT2D eigenvalue weighted by Gasteiger charge is -2.04. The Kier molecular flexibility index (Phi) is 2.52. The van der Waals surface area contributed by atoms with Crippen molar-refractivity contribution in [2.45, 2.75) is 19.3 Å². The maximum atomic E-state index is 11.3. The van der Waals surface area contributed by atoms with Gasteiger partial charge in [-0.25, -0.2) is 0 Å². The average Bonchev–Trinajstić information content (AvgIpc) is 2.93. The van der Waals surface area contributed by atoms with Gasteiger partial charge in [0.1, 0.15) is 0 Å². The van der Waals surface area contributed by atoms with Gasteiger partial charge in [0.05, 0.1) is 0 Å². The van der Waals surface area contributed by atoms with Crippen LogP contribution in [0.3, 0.4) is 0 Å². The van der Waals surface area contributed by atoms with Crippen molar-refractivity contribution in [2.24, 2.45) is 13.0 Å². The first-order chi connectivity index (χ1) is 6.77. The molecule has 0 saturated heterocycles. The molecule has 1 fully saturated rings. The quantitative estimate of drug-likeness (QED) is 0.756. The zero-order valence-electron chi connectivity index (χ0n) is 8.36. The van der Waals surface area contributed by atoms with Gasteiger partial charge in [0.25, 0.3) is 0 Å². The molecule has 0 bridgehead atoms. The van der Waals surface area contributed by atoms with Crippen LogP contribution in [-0.4, -0.2) is 22.2 Å². The van der Waals surface area contributed by atoms with E-state index in [0.717, 1.165) is 31.5 Å². The Balaban J connectivity index is 1.72. The van der Waals surface area contributed by atoms with Crippen LogP contribution in [0.1, 0.15) is 18.5 Å². The smallest absolute Gasteiger partial charge is 0.223 e. The van der Waals surface area contributed by atoms with E-state index in [1.807, 2.05) is 17.8 Å². The van der Waals surface area contributed by atoms with Crippen LogP contribution in [0, 0.1) is 5.92 Å². The van der Waals surface area contributed by atoms with E-state index in [-0.39, 0.29) is 5.91 Å². The van der Waals surface area contributed by atoms with Crippen LogP contribution in [0.15, 0.2) is 12.3 Å². The van der Waals surface area contributed by atoms with Gasteiger partial charge in [0.15, 0.2) is 0 Å². The number of rotatable bonds is 4. The third-order valence-corrected chi connectivity index (χ3v) is 2.55. The molecule has 0 aromatic carbocycles. The van der Waals surface area contributed by atoms with Crippen LogP contribution >= 0.6 is 0 Å². The highest BCUT2D eigenvalue weighted by molar-refractivity contribution is 5.80. The van der Waals surface area contributed by atoms with Gasteiger partial charge >= 0.3 is 0 Å². The number of aromatic nitrogens is 2. The first-order valence-corrected chi connectivity index (χ1v) is 5.02. The first kappa shape index (κ1) is 9.24. The number of hydrogen-bond acceptors (Lipinski definition) is 2. The number of hydrogen-bond donors (Lipinski definition) is 1. The number of aryl methyl sites for hydroxylation is 1. The molecule has 1 aromatic heterocycles. The van der Waals surface area contributed by atoms with Gasteiger partial charge in [0.2, 0.25) is 5.91 Å². The topological polar surface area (TPSA) is 46.9 Å². The lowest BCUT2D eigenvalue weighted by atomic mass is 10.3. The molecule has 0 spiro atoms. The maximum absolute atomic E-state index is 11.3. The molecule has 0 radical (unpaired) electrons. The minimum Gasteiger partial charge on any atom is -0.355 e. The van der Waals surface area contributed by atoms with Crippen molar-refractivity contribution in [3.05, 3.63) is 18.0 Å². The van der Waals surface area contributed by atoms with Crippen molar-refractivity contribution >= 4 is 5.91 Å². The second kappa shape index (κ2) is 3.82. The normalized spacial score (nSPS) is 15.5. The minimum absolute atomic E-state index is 0.215. The van der Waals surface area contributed by atoms with Crippen LogP contribution in [0.2, 0.25) is 0 Å². The molecule has 4 nitrogen and oxygen atoms in total. The fraction of sp³-hybridized carbons (Fsp3) is 0.600. The Hall–Kier alpha value is -1.32. The molecule has 4 heteroatoms. The van der Waals surface area contributed by atoms with Crippen molar-refractivity contribution in [3.63, 3.8) is 0 Å². The summed E-state index contributed by atoms with van der Waals surface area (Å²) in [5, 5.41) is 7.00. The summed E-state index contributed by atoms with van der Waals surface area (Å²) in [5.74, 6) is 0.522. The summed E-state index contributed by atoms with van der Waals surface area (Å²) in [7, 11) is 1.91. The molecular weight excluding hydrogens is 178 g/mol. The number of nitrogens with zero attached hydrogens (tertiary/aromatic N) is 2. The fourth-order valence-electron chi connectivity index (χ4n) is 1.45. The second-order valence-electron chi connectivity index (χ2n) is 3.76. The zero-order valence-corrected chi connectivity index (χ0v) is 8.36. The average molecular weight is 193 g/mol. The Morgan fingerprint density at radius 3 is 3.07 bits per heavy atom. The van der Waals surface area contributed by atoms with Gasteiger partial charge in [0, 0.05) is 37.8 Å². The Bertz CT molecular complexity index is 328. The predicted molar refractivity (Wildman–Crippen MR) is 52.6 cm³/mol. The van der Waals surface area contributed by atoms with Gasteiger partial charge in [-0.2, -0.15) is 5.10 Å². The third-order valence-electron chi connectivity index (χ3n) is 2.55. The van der Waals surface area contributed by atoms with E-state index in [1.165, 1.54) is 0 Å². The molecule has 1 saturated carbocycles. The minimum atomic E-state index is 0.215. The third kappa shape index (κ3) is 2.13. The SMILES string of the molecule is Cn1nccc1CCNC(=O)C1CC1. The summed E-state index contributed by atoms with van der Waals surface area (Å²) in [6, 6.07) is 1.98. The molecule has 1 aliphatic rings. The van der Waals surface area contributed by atoms with Crippen LogP contribution in [-0.2, 0) is 18.3 Å². The summed E-state index contributed by atoms with van der Waals surface area (Å²) < 4.78 is 1.84. The highest BCUT2D eigenvalue weighted by Gasteiger charge is 2.28. The lowest BCUT2D eigenvalue weighted by Crippen LogP contribution is -2.27. The molecule has 1 aliphatic carbocycles. The Labute approximate surface area is 83.3 Å². The van der Waals surface area contributed by atoms with Crippen molar-refractivity contribution in [3.8, 4) is 0 Å². The fourth-order valence-corrected chi connectivity index (χ4v) is 1.45. The van der Waals surface area contributed by atoms with Crippen molar-refractivity contribution in [1.29, 1.82) is 0 Å². The maximum Gasteiger partial charge on any atom is 0.223 e. The number of carbonyl (C=O) groups excluding carboxylic acids is 1. The summed E-state index contributed by atoms with van der Waals surface area (Å²) in [4.78, 5) is 11.3. The molecule has 1 N–H and O–H groups in total. The monoisotopic (exact) mass is 193 g/mol. The van der Waals surface area contributed by atoms with Crippen LogP contribution in [0.25, 0.3) is 0 Å². The van der Waals surface area contributed by atoms with E-state index in [2.05, 4.69) is 10.4 Å². The van der Waals surface area contributed by atoms with Crippen LogP contribution in [0.4, 0.5) is 0 Å². The second-order valence-corrected chi connectivity index (χ2v) is 3.76. The summed E-state index contributed by atoms with van der Waals surface area (Å²) in [6.45, 7) is 0.717. The molecule has 2 rings (SSSR count). The van der Waals surface area contributed by atoms with Crippen molar-refractivity contribution in [2.75, 3.05) is 6.54 Å². The molecule has 1 amide bonds. The standard InChI is InChI=1S/C10H15N3O/c1-13-9(5-7-12-13)4-6-11-10(14)8-2-3-8/h5,7-8H,2-4,6H2,1H3,(H,11,14). The van der Waals surface area contributed by atoms with E-state index in [9.17, 15) is 4.79 Å². The molecule has 14 heavy (non-hydrogen) atoms. The highest BCUT2D eigenvalue weighted by atomic mass is 16.2. The summed E-state index contributed by atoms with van der Waals surface area (Å²) >= 11 is 0. The predicted octanol–water partition coefficient (Wildman–Crippen LogP) is 0.489. The zero-order chi connectivity index (χ0) is 9.97. The molecule has 1 heterocycles. The number of nitrogens with one attached hydrogen (secondary N) is 1. The van der Waals surface area contributed by atoms with Gasteiger partial charge in [-0.1, -0.05) is 0 Å². The first-order valence-electron chi connectivity index (χ1n) is 5.02. The molecule has 0 atom stereocenters. The van der Waals surface area contributed by atoms with Crippen LogP contribution in [0.5, 0.6) is 0 Å². The molecule has 1 aromatic rings. The van der Waals surface area contributed by atoms with Crippen molar-refractivity contribution < 1.29 is 4.79 Å². The van der Waals surface area contributed by atoms with Gasteiger partial charge in [-0.15, -0.1) is 0 Å². The number of carbonyl (C=O) groups is 1. The largest absolute Gasteiger partial charge is 0.355 e. The van der Waals surface area contributed by atoms with Crippen molar-refractivity contribution in [1.82, 2.24) is 15.1 Å². The molecule has 0 aliphatic heterocycles.